The zero-order valence-corrected chi connectivity index (χ0v) is 11.6. The number of rotatable bonds is 9. The molecule has 0 saturated carbocycles. The van der Waals surface area contributed by atoms with Crippen LogP contribution in [0.25, 0.3) is 0 Å². The fraction of sp³-hybridized carbons (Fsp3) is 1.00. The van der Waals surface area contributed by atoms with Gasteiger partial charge in [-0.3, -0.25) is 0 Å². The van der Waals surface area contributed by atoms with E-state index in [0.717, 1.165) is 13.0 Å². The fourth-order valence-electron chi connectivity index (χ4n) is 1.24. The van der Waals surface area contributed by atoms with Gasteiger partial charge in [-0.15, -0.1) is 0 Å². The zero-order chi connectivity index (χ0) is 12.6. The quantitative estimate of drug-likeness (QED) is 0.601. The SMILES string of the molecule is CCCCCCCCOCC(C)O.CNC. The van der Waals surface area contributed by atoms with Crippen LogP contribution in [0.1, 0.15) is 52.4 Å². The van der Waals surface area contributed by atoms with Crippen molar-refractivity contribution in [3.05, 3.63) is 0 Å². The third kappa shape index (κ3) is 23.6. The lowest BCUT2D eigenvalue weighted by atomic mass is 10.1. The molecule has 0 heterocycles. The molecule has 0 amide bonds. The fourth-order valence-corrected chi connectivity index (χ4v) is 1.24. The second kappa shape index (κ2) is 17.3. The van der Waals surface area contributed by atoms with Crippen molar-refractivity contribution in [1.29, 1.82) is 0 Å². The predicted octanol–water partition coefficient (Wildman–Crippen LogP) is 2.58. The van der Waals surface area contributed by atoms with E-state index in [1.807, 2.05) is 14.1 Å². The summed E-state index contributed by atoms with van der Waals surface area (Å²) < 4.78 is 5.25. The first kappa shape index (κ1) is 18.3. The Bertz CT molecular complexity index is 108. The van der Waals surface area contributed by atoms with Crippen LogP contribution >= 0.6 is 0 Å². The molecule has 16 heavy (non-hydrogen) atoms. The summed E-state index contributed by atoms with van der Waals surface area (Å²) in [6.45, 7) is 5.26. The summed E-state index contributed by atoms with van der Waals surface area (Å²) in [7, 11) is 3.75. The molecule has 100 valence electrons. The van der Waals surface area contributed by atoms with E-state index in [9.17, 15) is 0 Å². The van der Waals surface area contributed by atoms with Crippen LogP contribution in [0.5, 0.6) is 0 Å². The van der Waals surface area contributed by atoms with Gasteiger partial charge in [-0.05, 0) is 27.4 Å². The van der Waals surface area contributed by atoms with E-state index in [4.69, 9.17) is 9.84 Å². The lowest BCUT2D eigenvalue weighted by Crippen LogP contribution is -2.10. The highest BCUT2D eigenvalue weighted by Crippen LogP contribution is 2.04. The van der Waals surface area contributed by atoms with Crippen LogP contribution in [0.4, 0.5) is 0 Å². The normalized spacial score (nSPS) is 11.8. The highest BCUT2D eigenvalue weighted by atomic mass is 16.5. The molecule has 0 bridgehead atoms. The highest BCUT2D eigenvalue weighted by molar-refractivity contribution is 4.45. The number of hydrogen-bond donors (Lipinski definition) is 2. The average Bonchev–Trinajstić information content (AvgIpc) is 2.23. The highest BCUT2D eigenvalue weighted by Gasteiger charge is 1.94. The van der Waals surface area contributed by atoms with Crippen molar-refractivity contribution < 1.29 is 9.84 Å². The molecule has 0 aromatic heterocycles. The molecule has 2 N–H and O–H groups in total. The Labute approximate surface area is 102 Å². The molecule has 0 aromatic carbocycles. The molecule has 0 saturated heterocycles. The number of aliphatic hydroxyl groups excluding tert-OH is 1. The minimum Gasteiger partial charge on any atom is -0.391 e. The minimum atomic E-state index is -0.319. The van der Waals surface area contributed by atoms with Gasteiger partial charge in [0.15, 0.2) is 0 Å². The van der Waals surface area contributed by atoms with E-state index in [-0.39, 0.29) is 6.10 Å². The summed E-state index contributed by atoms with van der Waals surface area (Å²) in [5, 5.41) is 11.7. The van der Waals surface area contributed by atoms with Crippen molar-refractivity contribution in [2.24, 2.45) is 0 Å². The Hall–Kier alpha value is -0.120. The van der Waals surface area contributed by atoms with Crippen molar-refractivity contribution >= 4 is 0 Å². The second-order valence-corrected chi connectivity index (χ2v) is 4.19. The largest absolute Gasteiger partial charge is 0.391 e. The third-order valence-electron chi connectivity index (χ3n) is 2.00. The lowest BCUT2D eigenvalue weighted by molar-refractivity contribution is 0.0445. The molecule has 0 aromatic rings. The van der Waals surface area contributed by atoms with Crippen LogP contribution in [0, 0.1) is 0 Å². The van der Waals surface area contributed by atoms with Gasteiger partial charge in [0.05, 0.1) is 12.7 Å². The van der Waals surface area contributed by atoms with Gasteiger partial charge in [0.25, 0.3) is 0 Å². The van der Waals surface area contributed by atoms with Crippen molar-refractivity contribution in [2.75, 3.05) is 27.3 Å². The maximum Gasteiger partial charge on any atom is 0.0745 e. The molecule has 3 nitrogen and oxygen atoms in total. The van der Waals surface area contributed by atoms with Gasteiger partial charge in [-0.2, -0.15) is 0 Å². The summed E-state index contributed by atoms with van der Waals surface area (Å²) in [5.74, 6) is 0. The van der Waals surface area contributed by atoms with Gasteiger partial charge in [0.2, 0.25) is 0 Å². The van der Waals surface area contributed by atoms with Crippen LogP contribution in [-0.2, 0) is 4.74 Å². The average molecular weight is 233 g/mol. The molecule has 0 rings (SSSR count). The summed E-state index contributed by atoms with van der Waals surface area (Å²) in [5.41, 5.74) is 0. The van der Waals surface area contributed by atoms with Gasteiger partial charge in [0, 0.05) is 6.61 Å². The van der Waals surface area contributed by atoms with E-state index in [1.54, 1.807) is 6.92 Å². The van der Waals surface area contributed by atoms with Gasteiger partial charge in [-0.25, -0.2) is 0 Å². The molecular weight excluding hydrogens is 202 g/mol. The molecule has 3 heteroatoms. The van der Waals surface area contributed by atoms with Crippen LogP contribution in [-0.4, -0.2) is 38.5 Å². The Morgan fingerprint density at radius 3 is 2.06 bits per heavy atom. The van der Waals surface area contributed by atoms with E-state index >= 15 is 0 Å². The smallest absolute Gasteiger partial charge is 0.0745 e. The van der Waals surface area contributed by atoms with Crippen LogP contribution in [0.3, 0.4) is 0 Å². The first-order chi connectivity index (χ1) is 7.68. The van der Waals surface area contributed by atoms with Crippen molar-refractivity contribution in [1.82, 2.24) is 5.32 Å². The van der Waals surface area contributed by atoms with Crippen LogP contribution in [0.15, 0.2) is 0 Å². The van der Waals surface area contributed by atoms with Crippen molar-refractivity contribution in [2.45, 2.75) is 58.5 Å². The van der Waals surface area contributed by atoms with Gasteiger partial charge in [0.1, 0.15) is 0 Å². The third-order valence-corrected chi connectivity index (χ3v) is 2.00. The van der Waals surface area contributed by atoms with E-state index in [2.05, 4.69) is 12.2 Å². The maximum atomic E-state index is 8.90. The summed E-state index contributed by atoms with van der Waals surface area (Å²) in [6.07, 6.45) is 7.42. The zero-order valence-electron chi connectivity index (χ0n) is 11.6. The Kier molecular flexibility index (Phi) is 19.7. The van der Waals surface area contributed by atoms with E-state index in [0.29, 0.717) is 6.61 Å². The number of ether oxygens (including phenoxy) is 1. The predicted molar refractivity (Wildman–Crippen MR) is 70.9 cm³/mol. The van der Waals surface area contributed by atoms with E-state index < -0.39 is 0 Å². The summed E-state index contributed by atoms with van der Waals surface area (Å²) in [6, 6.07) is 0. The number of hydrogen-bond acceptors (Lipinski definition) is 3. The molecule has 1 atom stereocenters. The summed E-state index contributed by atoms with van der Waals surface area (Å²) in [4.78, 5) is 0. The van der Waals surface area contributed by atoms with Gasteiger partial charge in [-0.1, -0.05) is 39.0 Å². The monoisotopic (exact) mass is 233 g/mol. The van der Waals surface area contributed by atoms with Crippen molar-refractivity contribution in [3.8, 4) is 0 Å². The van der Waals surface area contributed by atoms with Gasteiger partial charge >= 0.3 is 0 Å². The number of aliphatic hydroxyl groups is 1. The second-order valence-electron chi connectivity index (χ2n) is 4.19. The lowest BCUT2D eigenvalue weighted by Gasteiger charge is -2.05. The maximum absolute atomic E-state index is 8.90. The Morgan fingerprint density at radius 1 is 1.06 bits per heavy atom. The van der Waals surface area contributed by atoms with Crippen LogP contribution < -0.4 is 5.32 Å². The molecule has 0 fully saturated rings. The number of nitrogens with one attached hydrogen (secondary N) is 1. The minimum absolute atomic E-state index is 0.319. The number of unbranched alkanes of at least 4 members (excludes halogenated alkanes) is 5. The Morgan fingerprint density at radius 2 is 1.56 bits per heavy atom. The molecule has 0 aliphatic heterocycles. The molecule has 0 radical (unpaired) electrons. The molecular formula is C13H31NO2. The van der Waals surface area contributed by atoms with Crippen molar-refractivity contribution in [3.63, 3.8) is 0 Å². The first-order valence-corrected chi connectivity index (χ1v) is 6.53. The van der Waals surface area contributed by atoms with Crippen LogP contribution in [0.2, 0.25) is 0 Å². The molecule has 0 aliphatic carbocycles. The molecule has 1 unspecified atom stereocenters. The standard InChI is InChI=1S/C11H24O2.C2H7N/c1-3-4-5-6-7-8-9-13-10-11(2)12;1-3-2/h11-12H,3-10H2,1-2H3;3H,1-2H3. The first-order valence-electron chi connectivity index (χ1n) is 6.53. The molecule has 0 aliphatic rings. The summed E-state index contributed by atoms with van der Waals surface area (Å²) >= 11 is 0. The molecule has 0 spiro atoms. The topological polar surface area (TPSA) is 41.5 Å². The van der Waals surface area contributed by atoms with E-state index in [1.165, 1.54) is 32.1 Å². The Balaban J connectivity index is 0. The van der Waals surface area contributed by atoms with Gasteiger partial charge < -0.3 is 15.2 Å².